The fourth-order valence-corrected chi connectivity index (χ4v) is 2.26. The summed E-state index contributed by atoms with van der Waals surface area (Å²) < 4.78 is 5.16. The lowest BCUT2D eigenvalue weighted by molar-refractivity contribution is -0.112. The standard InChI is InChI=1S/C20H20N2O2/c1-13-5-7-18(9-14(13)2)22-20(23)17(12-21)11-16-6-8-19(24-4)10-15(16)3/h5-11H,1-4H3,(H,22,23)/b17-11+. The molecule has 0 aromatic heterocycles. The third kappa shape index (κ3) is 4.02. The maximum Gasteiger partial charge on any atom is 0.266 e. The van der Waals surface area contributed by atoms with E-state index in [2.05, 4.69) is 5.32 Å². The molecule has 4 heteroatoms. The number of nitriles is 1. The van der Waals surface area contributed by atoms with Crippen LogP contribution >= 0.6 is 0 Å². The average Bonchev–Trinajstić information content (AvgIpc) is 2.56. The second-order valence-corrected chi connectivity index (χ2v) is 5.65. The summed E-state index contributed by atoms with van der Waals surface area (Å²) in [5.41, 5.74) is 4.71. The monoisotopic (exact) mass is 320 g/mol. The van der Waals surface area contributed by atoms with Crippen molar-refractivity contribution in [3.8, 4) is 11.8 Å². The van der Waals surface area contributed by atoms with Crippen molar-refractivity contribution in [1.29, 1.82) is 5.26 Å². The summed E-state index contributed by atoms with van der Waals surface area (Å²) in [6, 6.07) is 13.1. The first-order chi connectivity index (χ1) is 11.4. The Morgan fingerprint density at radius 1 is 1.08 bits per heavy atom. The largest absolute Gasteiger partial charge is 0.497 e. The summed E-state index contributed by atoms with van der Waals surface area (Å²) in [5.74, 6) is 0.318. The number of ether oxygens (including phenoxy) is 1. The molecule has 24 heavy (non-hydrogen) atoms. The quantitative estimate of drug-likeness (QED) is 0.679. The van der Waals surface area contributed by atoms with Crippen LogP contribution in [-0.2, 0) is 4.79 Å². The Morgan fingerprint density at radius 2 is 1.83 bits per heavy atom. The number of amides is 1. The molecule has 0 atom stereocenters. The van der Waals surface area contributed by atoms with Crippen LogP contribution in [0.2, 0.25) is 0 Å². The summed E-state index contributed by atoms with van der Waals surface area (Å²) in [6.07, 6.45) is 1.59. The summed E-state index contributed by atoms with van der Waals surface area (Å²) in [5, 5.41) is 12.1. The van der Waals surface area contributed by atoms with E-state index in [0.717, 1.165) is 28.0 Å². The minimum Gasteiger partial charge on any atom is -0.497 e. The molecule has 2 aromatic rings. The van der Waals surface area contributed by atoms with Gasteiger partial charge in [0, 0.05) is 5.69 Å². The van der Waals surface area contributed by atoms with Crippen molar-refractivity contribution in [2.24, 2.45) is 0 Å². The first kappa shape index (κ1) is 17.3. The van der Waals surface area contributed by atoms with Gasteiger partial charge in [0.2, 0.25) is 0 Å². The molecule has 2 rings (SSSR count). The van der Waals surface area contributed by atoms with Crippen LogP contribution in [-0.4, -0.2) is 13.0 Å². The lowest BCUT2D eigenvalue weighted by atomic mass is 10.0. The zero-order valence-corrected chi connectivity index (χ0v) is 14.3. The lowest BCUT2D eigenvalue weighted by Crippen LogP contribution is -2.13. The van der Waals surface area contributed by atoms with E-state index in [1.807, 2.05) is 57.2 Å². The van der Waals surface area contributed by atoms with Crippen LogP contribution in [0.25, 0.3) is 6.08 Å². The van der Waals surface area contributed by atoms with E-state index in [-0.39, 0.29) is 5.57 Å². The van der Waals surface area contributed by atoms with Crippen molar-refractivity contribution in [3.63, 3.8) is 0 Å². The fourth-order valence-electron chi connectivity index (χ4n) is 2.26. The average molecular weight is 320 g/mol. The highest BCUT2D eigenvalue weighted by Gasteiger charge is 2.11. The fraction of sp³-hybridized carbons (Fsp3) is 0.200. The summed E-state index contributed by atoms with van der Waals surface area (Å²) in [6.45, 7) is 5.89. The van der Waals surface area contributed by atoms with Gasteiger partial charge in [-0.2, -0.15) is 5.26 Å². The minimum absolute atomic E-state index is 0.0569. The van der Waals surface area contributed by atoms with Crippen LogP contribution in [0.1, 0.15) is 22.3 Å². The maximum atomic E-state index is 12.4. The van der Waals surface area contributed by atoms with Crippen molar-refractivity contribution in [3.05, 3.63) is 64.2 Å². The zero-order valence-electron chi connectivity index (χ0n) is 14.3. The van der Waals surface area contributed by atoms with Gasteiger partial charge in [0.05, 0.1) is 7.11 Å². The second kappa shape index (κ2) is 7.47. The molecule has 0 radical (unpaired) electrons. The highest BCUT2D eigenvalue weighted by Crippen LogP contribution is 2.20. The molecule has 1 N–H and O–H groups in total. The van der Waals surface area contributed by atoms with Crippen molar-refractivity contribution in [2.45, 2.75) is 20.8 Å². The van der Waals surface area contributed by atoms with E-state index in [9.17, 15) is 10.1 Å². The van der Waals surface area contributed by atoms with Crippen molar-refractivity contribution < 1.29 is 9.53 Å². The van der Waals surface area contributed by atoms with Crippen molar-refractivity contribution in [1.82, 2.24) is 0 Å². The van der Waals surface area contributed by atoms with Crippen molar-refractivity contribution in [2.75, 3.05) is 12.4 Å². The molecule has 0 fully saturated rings. The predicted molar refractivity (Wildman–Crippen MR) is 95.9 cm³/mol. The number of rotatable bonds is 4. The molecule has 0 aliphatic carbocycles. The normalized spacial score (nSPS) is 10.9. The molecular weight excluding hydrogens is 300 g/mol. The number of hydrogen-bond acceptors (Lipinski definition) is 3. The smallest absolute Gasteiger partial charge is 0.266 e. The number of hydrogen-bond donors (Lipinski definition) is 1. The Balaban J connectivity index is 2.25. The van der Waals surface area contributed by atoms with Gasteiger partial charge in [0.1, 0.15) is 17.4 Å². The van der Waals surface area contributed by atoms with Crippen LogP contribution in [0.5, 0.6) is 5.75 Å². The number of benzene rings is 2. The first-order valence-corrected chi connectivity index (χ1v) is 7.59. The van der Waals surface area contributed by atoms with Crippen LogP contribution in [0.4, 0.5) is 5.69 Å². The Kier molecular flexibility index (Phi) is 5.39. The van der Waals surface area contributed by atoms with E-state index in [1.54, 1.807) is 19.3 Å². The highest BCUT2D eigenvalue weighted by atomic mass is 16.5. The Morgan fingerprint density at radius 3 is 2.42 bits per heavy atom. The van der Waals surface area contributed by atoms with E-state index < -0.39 is 5.91 Å². The lowest BCUT2D eigenvalue weighted by Gasteiger charge is -2.08. The number of anilines is 1. The van der Waals surface area contributed by atoms with Crippen LogP contribution in [0.3, 0.4) is 0 Å². The van der Waals surface area contributed by atoms with Gasteiger partial charge in [0.15, 0.2) is 0 Å². The molecule has 122 valence electrons. The zero-order chi connectivity index (χ0) is 17.7. The molecule has 0 heterocycles. The molecule has 1 amide bonds. The van der Waals surface area contributed by atoms with Crippen LogP contribution in [0, 0.1) is 32.1 Å². The molecule has 0 saturated heterocycles. The van der Waals surface area contributed by atoms with Gasteiger partial charge in [-0.3, -0.25) is 4.79 Å². The number of methoxy groups -OCH3 is 1. The number of nitrogens with zero attached hydrogens (tertiary/aromatic N) is 1. The Hall–Kier alpha value is -3.06. The maximum absolute atomic E-state index is 12.4. The molecule has 0 aliphatic rings. The third-order valence-electron chi connectivity index (χ3n) is 3.91. The van der Waals surface area contributed by atoms with Gasteiger partial charge in [-0.25, -0.2) is 0 Å². The second-order valence-electron chi connectivity index (χ2n) is 5.65. The van der Waals surface area contributed by atoms with Gasteiger partial charge < -0.3 is 10.1 Å². The number of carbonyl (C=O) groups is 1. The molecule has 0 unspecified atom stereocenters. The van der Waals surface area contributed by atoms with Gasteiger partial charge in [-0.15, -0.1) is 0 Å². The Bertz CT molecular complexity index is 845. The molecule has 4 nitrogen and oxygen atoms in total. The third-order valence-corrected chi connectivity index (χ3v) is 3.91. The topological polar surface area (TPSA) is 62.1 Å². The Labute approximate surface area is 142 Å². The van der Waals surface area contributed by atoms with E-state index in [0.29, 0.717) is 5.69 Å². The van der Waals surface area contributed by atoms with Gasteiger partial charge in [-0.05, 0) is 73.4 Å². The van der Waals surface area contributed by atoms with Crippen molar-refractivity contribution >= 4 is 17.7 Å². The van der Waals surface area contributed by atoms with Crippen LogP contribution in [0.15, 0.2) is 42.0 Å². The van der Waals surface area contributed by atoms with E-state index in [1.165, 1.54) is 0 Å². The van der Waals surface area contributed by atoms with Gasteiger partial charge in [-0.1, -0.05) is 12.1 Å². The van der Waals surface area contributed by atoms with Gasteiger partial charge >= 0.3 is 0 Å². The SMILES string of the molecule is COc1ccc(/C=C(\C#N)C(=O)Nc2ccc(C)c(C)c2)c(C)c1. The minimum atomic E-state index is -0.420. The molecular formula is C20H20N2O2. The molecule has 0 saturated carbocycles. The molecule has 0 bridgehead atoms. The number of nitrogens with one attached hydrogen (secondary N) is 1. The molecule has 0 aliphatic heterocycles. The summed E-state index contributed by atoms with van der Waals surface area (Å²) in [7, 11) is 1.60. The molecule has 2 aromatic carbocycles. The molecule has 0 spiro atoms. The van der Waals surface area contributed by atoms with E-state index in [4.69, 9.17) is 4.74 Å². The first-order valence-electron chi connectivity index (χ1n) is 7.59. The van der Waals surface area contributed by atoms with Crippen LogP contribution < -0.4 is 10.1 Å². The number of aryl methyl sites for hydroxylation is 3. The predicted octanol–water partition coefficient (Wildman–Crippen LogP) is 4.17. The summed E-state index contributed by atoms with van der Waals surface area (Å²) in [4.78, 5) is 12.4. The van der Waals surface area contributed by atoms with E-state index >= 15 is 0 Å². The van der Waals surface area contributed by atoms with Gasteiger partial charge in [0.25, 0.3) is 5.91 Å². The summed E-state index contributed by atoms with van der Waals surface area (Å²) >= 11 is 0. The highest BCUT2D eigenvalue weighted by molar-refractivity contribution is 6.09. The number of carbonyl (C=O) groups excluding carboxylic acids is 1.